The van der Waals surface area contributed by atoms with Crippen LogP contribution in [0.3, 0.4) is 0 Å². The summed E-state index contributed by atoms with van der Waals surface area (Å²) in [5.41, 5.74) is -3.27. The summed E-state index contributed by atoms with van der Waals surface area (Å²) in [4.78, 5) is 11.4. The van der Waals surface area contributed by atoms with Gasteiger partial charge in [-0.15, -0.1) is 21.6 Å². The predicted molar refractivity (Wildman–Crippen MR) is 85.9 cm³/mol. The number of carbonyl (C=O) groups excluding carboxylic acids is 1. The van der Waals surface area contributed by atoms with Crippen molar-refractivity contribution in [3.05, 3.63) is 56.9 Å². The number of thiophene rings is 1. The smallest absolute Gasteiger partial charge is 0.456 e. The van der Waals surface area contributed by atoms with Crippen LogP contribution in [0.5, 0.6) is 0 Å². The van der Waals surface area contributed by atoms with Crippen LogP contribution in [0.1, 0.15) is 10.4 Å². The number of hydrogen-bond donors (Lipinski definition) is 1. The molecular formula is C15H7ClF6N2O2S. The Morgan fingerprint density at radius 1 is 1.11 bits per heavy atom. The molecule has 0 aliphatic carbocycles. The minimum absolute atomic E-state index is 0.114. The maximum atomic E-state index is 12.8. The molecule has 2 aromatic rings. The van der Waals surface area contributed by atoms with Crippen molar-refractivity contribution in [1.82, 2.24) is 0 Å². The van der Waals surface area contributed by atoms with Crippen LogP contribution in [0, 0.1) is 0 Å². The van der Waals surface area contributed by atoms with Crippen LogP contribution in [0.15, 0.2) is 51.6 Å². The summed E-state index contributed by atoms with van der Waals surface area (Å²) in [6, 6.07) is 4.53. The molecule has 0 amide bonds. The van der Waals surface area contributed by atoms with E-state index in [4.69, 9.17) is 11.6 Å². The molecule has 144 valence electrons. The Balaban J connectivity index is 2.54. The van der Waals surface area contributed by atoms with Gasteiger partial charge in [-0.3, -0.25) is 4.79 Å². The molecule has 0 aliphatic heterocycles. The van der Waals surface area contributed by atoms with Crippen LogP contribution in [-0.4, -0.2) is 17.1 Å². The van der Waals surface area contributed by atoms with Gasteiger partial charge in [0.2, 0.25) is 0 Å². The van der Waals surface area contributed by atoms with Gasteiger partial charge in [-0.05, 0) is 29.6 Å². The SMILES string of the molecule is O=C(C(N=Nc1cc(C(F)(F)F)ccc1Cl)=C(O)c1cccs1)C(F)(F)F. The number of alkyl halides is 6. The predicted octanol–water partition coefficient (Wildman–Crippen LogP) is 6.56. The lowest BCUT2D eigenvalue weighted by Crippen LogP contribution is -2.24. The molecule has 0 atom stereocenters. The quantitative estimate of drug-likeness (QED) is 0.259. The third kappa shape index (κ3) is 5.07. The van der Waals surface area contributed by atoms with E-state index in [0.717, 1.165) is 17.4 Å². The minimum Gasteiger partial charge on any atom is -0.504 e. The molecule has 0 bridgehead atoms. The fraction of sp³-hybridized carbons (Fsp3) is 0.133. The molecule has 0 unspecified atom stereocenters. The second kappa shape index (κ2) is 7.69. The molecule has 0 fully saturated rings. The maximum Gasteiger partial charge on any atom is 0.456 e. The number of allylic oxidation sites excluding steroid dienone is 1. The Hall–Kier alpha value is -2.40. The molecular weight excluding hydrogens is 422 g/mol. The lowest BCUT2D eigenvalue weighted by atomic mass is 10.2. The summed E-state index contributed by atoms with van der Waals surface area (Å²) in [5.74, 6) is -3.63. The number of azo groups is 1. The first-order valence-corrected chi connectivity index (χ1v) is 8.04. The third-order valence-electron chi connectivity index (χ3n) is 2.98. The molecule has 12 heteroatoms. The summed E-state index contributed by atoms with van der Waals surface area (Å²) in [6.45, 7) is 0. The Labute approximate surface area is 156 Å². The number of aliphatic hydroxyl groups excluding tert-OH is 1. The highest BCUT2D eigenvalue weighted by atomic mass is 35.5. The van der Waals surface area contributed by atoms with E-state index in [2.05, 4.69) is 10.2 Å². The number of carbonyl (C=O) groups is 1. The number of halogens is 7. The van der Waals surface area contributed by atoms with E-state index in [1.807, 2.05) is 0 Å². The second-order valence-corrected chi connectivity index (χ2v) is 6.22. The monoisotopic (exact) mass is 428 g/mol. The Bertz CT molecular complexity index is 904. The van der Waals surface area contributed by atoms with E-state index >= 15 is 0 Å². The van der Waals surface area contributed by atoms with E-state index in [1.165, 1.54) is 17.5 Å². The molecule has 0 spiro atoms. The molecule has 2 rings (SSSR count). The minimum atomic E-state index is -5.39. The van der Waals surface area contributed by atoms with Crippen molar-refractivity contribution in [3.63, 3.8) is 0 Å². The van der Waals surface area contributed by atoms with E-state index < -0.39 is 40.8 Å². The molecule has 0 saturated heterocycles. The summed E-state index contributed by atoms with van der Waals surface area (Å²) >= 11 is 6.49. The van der Waals surface area contributed by atoms with Crippen molar-refractivity contribution < 1.29 is 36.2 Å². The largest absolute Gasteiger partial charge is 0.504 e. The zero-order valence-corrected chi connectivity index (χ0v) is 14.3. The number of hydrogen-bond acceptors (Lipinski definition) is 5. The highest BCUT2D eigenvalue weighted by molar-refractivity contribution is 7.11. The molecule has 1 aromatic carbocycles. The average Bonchev–Trinajstić information content (AvgIpc) is 3.08. The number of rotatable bonds is 4. The van der Waals surface area contributed by atoms with Crippen molar-refractivity contribution in [2.24, 2.45) is 10.2 Å². The molecule has 0 aliphatic rings. The van der Waals surface area contributed by atoms with Crippen LogP contribution >= 0.6 is 22.9 Å². The van der Waals surface area contributed by atoms with Crippen molar-refractivity contribution in [2.75, 3.05) is 0 Å². The van der Waals surface area contributed by atoms with Gasteiger partial charge >= 0.3 is 12.4 Å². The summed E-state index contributed by atoms with van der Waals surface area (Å²) in [5, 5.41) is 17.3. The number of benzene rings is 1. The van der Waals surface area contributed by atoms with E-state index in [1.54, 1.807) is 0 Å². The standard InChI is InChI=1S/C15H7ClF6N2O2S/c16-8-4-3-7(14(17,18)19)6-9(8)23-24-11(13(26)15(20,21)22)12(25)10-2-1-5-27-10/h1-6,25H. The second-order valence-electron chi connectivity index (χ2n) is 4.87. The van der Waals surface area contributed by atoms with Gasteiger partial charge in [-0.25, -0.2) is 0 Å². The zero-order valence-electron chi connectivity index (χ0n) is 12.8. The first-order valence-electron chi connectivity index (χ1n) is 6.78. The molecule has 0 saturated carbocycles. The van der Waals surface area contributed by atoms with Gasteiger partial charge in [0.15, 0.2) is 11.5 Å². The van der Waals surface area contributed by atoms with Gasteiger partial charge < -0.3 is 5.11 Å². The van der Waals surface area contributed by atoms with Gasteiger partial charge in [-0.1, -0.05) is 17.7 Å². The topological polar surface area (TPSA) is 62.0 Å². The average molecular weight is 429 g/mol. The Morgan fingerprint density at radius 3 is 2.30 bits per heavy atom. The molecule has 1 N–H and O–H groups in total. The number of nitrogens with zero attached hydrogens (tertiary/aromatic N) is 2. The number of aliphatic hydroxyl groups is 1. The maximum absolute atomic E-state index is 12.8. The summed E-state index contributed by atoms with van der Waals surface area (Å²) in [7, 11) is 0. The molecule has 1 aromatic heterocycles. The van der Waals surface area contributed by atoms with E-state index in [9.17, 15) is 36.2 Å². The van der Waals surface area contributed by atoms with Gasteiger partial charge in [0.1, 0.15) is 5.69 Å². The number of Topliss-reactive ketones (excluding diaryl/α,β-unsaturated/α-hetero) is 1. The first-order chi connectivity index (χ1) is 12.4. The Morgan fingerprint density at radius 2 is 1.78 bits per heavy atom. The van der Waals surface area contributed by atoms with Crippen molar-refractivity contribution in [1.29, 1.82) is 0 Å². The van der Waals surface area contributed by atoms with Gasteiger partial charge in [0.25, 0.3) is 5.78 Å². The molecule has 4 nitrogen and oxygen atoms in total. The fourth-order valence-corrected chi connectivity index (χ4v) is 2.56. The summed E-state index contributed by atoms with van der Waals surface area (Å²) in [6.07, 6.45) is -10.1. The van der Waals surface area contributed by atoms with Crippen molar-refractivity contribution >= 4 is 40.2 Å². The lowest BCUT2D eigenvalue weighted by Gasteiger charge is -2.08. The highest BCUT2D eigenvalue weighted by Gasteiger charge is 2.43. The van der Waals surface area contributed by atoms with E-state index in [-0.39, 0.29) is 9.90 Å². The number of ketones is 1. The van der Waals surface area contributed by atoms with Crippen LogP contribution in [-0.2, 0) is 11.0 Å². The van der Waals surface area contributed by atoms with Gasteiger partial charge in [0.05, 0.1) is 15.5 Å². The Kier molecular flexibility index (Phi) is 5.95. The van der Waals surface area contributed by atoms with Crippen LogP contribution < -0.4 is 0 Å². The normalized spacial score (nSPS) is 13.7. The van der Waals surface area contributed by atoms with Crippen LogP contribution in [0.4, 0.5) is 32.0 Å². The van der Waals surface area contributed by atoms with E-state index in [0.29, 0.717) is 12.1 Å². The highest BCUT2D eigenvalue weighted by Crippen LogP contribution is 2.36. The van der Waals surface area contributed by atoms with Crippen molar-refractivity contribution in [2.45, 2.75) is 12.4 Å². The molecule has 1 heterocycles. The van der Waals surface area contributed by atoms with Crippen molar-refractivity contribution in [3.8, 4) is 0 Å². The van der Waals surface area contributed by atoms with Gasteiger partial charge in [0, 0.05) is 0 Å². The summed E-state index contributed by atoms with van der Waals surface area (Å²) < 4.78 is 76.5. The fourth-order valence-electron chi connectivity index (χ4n) is 1.73. The molecule has 0 radical (unpaired) electrons. The third-order valence-corrected chi connectivity index (χ3v) is 4.18. The molecule has 27 heavy (non-hydrogen) atoms. The first kappa shape index (κ1) is 20.9. The van der Waals surface area contributed by atoms with Crippen LogP contribution in [0.2, 0.25) is 5.02 Å². The van der Waals surface area contributed by atoms with Crippen LogP contribution in [0.25, 0.3) is 5.76 Å². The zero-order chi connectivity index (χ0) is 20.4. The lowest BCUT2D eigenvalue weighted by molar-refractivity contribution is -0.166. The van der Waals surface area contributed by atoms with Gasteiger partial charge in [-0.2, -0.15) is 26.3 Å².